The first kappa shape index (κ1) is 16.6. The highest BCUT2D eigenvalue weighted by molar-refractivity contribution is 5.78. The Morgan fingerprint density at radius 1 is 1.29 bits per heavy atom. The minimum atomic E-state index is -0.0308. The smallest absolute Gasteiger partial charge is 0.234 e. The van der Waals surface area contributed by atoms with E-state index in [1.54, 1.807) is 12.4 Å². The SMILES string of the molecule is O=C(CN(CCO)C1CCc2ccccc21)NCc1cccnc1. The summed E-state index contributed by atoms with van der Waals surface area (Å²) in [6.07, 6.45) is 5.49. The summed E-state index contributed by atoms with van der Waals surface area (Å²) in [7, 11) is 0. The van der Waals surface area contributed by atoms with Crippen LogP contribution in [0.15, 0.2) is 48.8 Å². The van der Waals surface area contributed by atoms with Gasteiger partial charge in [-0.2, -0.15) is 0 Å². The van der Waals surface area contributed by atoms with Gasteiger partial charge < -0.3 is 10.4 Å². The van der Waals surface area contributed by atoms with Gasteiger partial charge in [0.15, 0.2) is 0 Å². The largest absolute Gasteiger partial charge is 0.395 e. The van der Waals surface area contributed by atoms with Gasteiger partial charge in [0.25, 0.3) is 0 Å². The standard InChI is InChI=1S/C19H23N3O2/c23-11-10-22(18-8-7-16-5-1-2-6-17(16)18)14-19(24)21-13-15-4-3-9-20-12-15/h1-6,9,12,18,23H,7-8,10-11,13-14H2,(H,21,24). The molecular weight excluding hydrogens is 302 g/mol. The van der Waals surface area contributed by atoms with Gasteiger partial charge in [-0.1, -0.05) is 30.3 Å². The first-order chi connectivity index (χ1) is 11.8. The summed E-state index contributed by atoms with van der Waals surface area (Å²) in [5.41, 5.74) is 3.61. The van der Waals surface area contributed by atoms with Gasteiger partial charge in [0, 0.05) is 31.5 Å². The van der Waals surface area contributed by atoms with E-state index in [1.165, 1.54) is 11.1 Å². The molecule has 0 bridgehead atoms. The molecule has 0 fully saturated rings. The highest BCUT2D eigenvalue weighted by Gasteiger charge is 2.28. The molecule has 0 spiro atoms. The number of carbonyl (C=O) groups excluding carboxylic acids is 1. The quantitative estimate of drug-likeness (QED) is 0.813. The second-order valence-corrected chi connectivity index (χ2v) is 6.09. The summed E-state index contributed by atoms with van der Waals surface area (Å²) >= 11 is 0. The van der Waals surface area contributed by atoms with Crippen molar-refractivity contribution in [2.45, 2.75) is 25.4 Å². The number of hydrogen-bond acceptors (Lipinski definition) is 4. The lowest BCUT2D eigenvalue weighted by atomic mass is 10.1. The number of benzene rings is 1. The zero-order chi connectivity index (χ0) is 16.8. The molecule has 3 rings (SSSR count). The van der Waals surface area contributed by atoms with E-state index in [2.05, 4.69) is 33.4 Å². The molecule has 1 aromatic carbocycles. The molecule has 1 unspecified atom stereocenters. The highest BCUT2D eigenvalue weighted by Crippen LogP contribution is 2.35. The fourth-order valence-electron chi connectivity index (χ4n) is 3.33. The first-order valence-electron chi connectivity index (χ1n) is 8.36. The van der Waals surface area contributed by atoms with Gasteiger partial charge in [-0.15, -0.1) is 0 Å². The second-order valence-electron chi connectivity index (χ2n) is 6.09. The molecular formula is C19H23N3O2. The molecule has 2 N–H and O–H groups in total. The van der Waals surface area contributed by atoms with E-state index in [4.69, 9.17) is 0 Å². The third-order valence-electron chi connectivity index (χ3n) is 4.49. The average Bonchev–Trinajstić information content (AvgIpc) is 3.04. The maximum Gasteiger partial charge on any atom is 0.234 e. The van der Waals surface area contributed by atoms with E-state index in [0.29, 0.717) is 19.6 Å². The molecule has 1 heterocycles. The number of rotatable bonds is 7. The molecule has 1 aliphatic rings. The van der Waals surface area contributed by atoms with E-state index in [0.717, 1.165) is 18.4 Å². The normalized spacial score (nSPS) is 16.2. The average molecular weight is 325 g/mol. The summed E-state index contributed by atoms with van der Waals surface area (Å²) in [5, 5.41) is 12.3. The summed E-state index contributed by atoms with van der Waals surface area (Å²) in [5.74, 6) is -0.0308. The lowest BCUT2D eigenvalue weighted by Gasteiger charge is -2.28. The topological polar surface area (TPSA) is 65.5 Å². The van der Waals surface area contributed by atoms with Gasteiger partial charge in [0.2, 0.25) is 5.91 Å². The number of nitrogens with zero attached hydrogens (tertiary/aromatic N) is 2. The van der Waals surface area contributed by atoms with E-state index < -0.39 is 0 Å². The number of fused-ring (bicyclic) bond motifs is 1. The number of aliphatic hydroxyl groups is 1. The van der Waals surface area contributed by atoms with Crippen LogP contribution in [0.3, 0.4) is 0 Å². The molecule has 5 heteroatoms. The number of nitrogens with one attached hydrogen (secondary N) is 1. The van der Waals surface area contributed by atoms with Gasteiger partial charge in [-0.25, -0.2) is 0 Å². The Bertz CT molecular complexity index is 675. The number of pyridine rings is 1. The molecule has 0 saturated carbocycles. The monoisotopic (exact) mass is 325 g/mol. The van der Waals surface area contributed by atoms with Crippen molar-refractivity contribution in [2.24, 2.45) is 0 Å². The molecule has 24 heavy (non-hydrogen) atoms. The fourth-order valence-corrected chi connectivity index (χ4v) is 3.33. The van der Waals surface area contributed by atoms with Crippen LogP contribution < -0.4 is 5.32 Å². The van der Waals surface area contributed by atoms with Crippen LogP contribution in [0.4, 0.5) is 0 Å². The van der Waals surface area contributed by atoms with E-state index in [1.807, 2.05) is 18.2 Å². The number of carbonyl (C=O) groups is 1. The van der Waals surface area contributed by atoms with Gasteiger partial charge in [-0.3, -0.25) is 14.7 Å². The molecule has 126 valence electrons. The Balaban J connectivity index is 1.61. The molecule has 0 saturated heterocycles. The Kier molecular flexibility index (Phi) is 5.56. The molecule has 2 aromatic rings. The maximum atomic E-state index is 12.3. The minimum Gasteiger partial charge on any atom is -0.395 e. The van der Waals surface area contributed by atoms with Crippen molar-refractivity contribution >= 4 is 5.91 Å². The molecule has 0 radical (unpaired) electrons. The van der Waals surface area contributed by atoms with Crippen LogP contribution in [-0.4, -0.2) is 40.6 Å². The maximum absolute atomic E-state index is 12.3. The highest BCUT2D eigenvalue weighted by atomic mass is 16.3. The Morgan fingerprint density at radius 3 is 2.96 bits per heavy atom. The molecule has 1 aromatic heterocycles. The molecule has 1 amide bonds. The van der Waals surface area contributed by atoms with Crippen LogP contribution in [-0.2, 0) is 17.8 Å². The lowest BCUT2D eigenvalue weighted by molar-refractivity contribution is -0.123. The third-order valence-corrected chi connectivity index (χ3v) is 4.49. The number of aromatic nitrogens is 1. The summed E-state index contributed by atoms with van der Waals surface area (Å²) in [4.78, 5) is 18.4. The van der Waals surface area contributed by atoms with Crippen LogP contribution in [0.25, 0.3) is 0 Å². The Hall–Kier alpha value is -2.24. The van der Waals surface area contributed by atoms with E-state index in [9.17, 15) is 9.90 Å². The van der Waals surface area contributed by atoms with Crippen LogP contribution in [0.5, 0.6) is 0 Å². The zero-order valence-corrected chi connectivity index (χ0v) is 13.7. The van der Waals surface area contributed by atoms with E-state index >= 15 is 0 Å². The van der Waals surface area contributed by atoms with Gasteiger partial charge in [0.05, 0.1) is 13.2 Å². The predicted octanol–water partition coefficient (Wildman–Crippen LogP) is 1.68. The van der Waals surface area contributed by atoms with Crippen LogP contribution in [0, 0.1) is 0 Å². The van der Waals surface area contributed by atoms with Crippen molar-refractivity contribution in [3.63, 3.8) is 0 Å². The summed E-state index contributed by atoms with van der Waals surface area (Å²) in [6, 6.07) is 12.4. The van der Waals surface area contributed by atoms with Crippen molar-refractivity contribution < 1.29 is 9.90 Å². The molecule has 1 aliphatic carbocycles. The van der Waals surface area contributed by atoms with Crippen LogP contribution in [0.2, 0.25) is 0 Å². The van der Waals surface area contributed by atoms with Crippen molar-refractivity contribution in [1.29, 1.82) is 0 Å². The van der Waals surface area contributed by atoms with Crippen molar-refractivity contribution in [2.75, 3.05) is 19.7 Å². The summed E-state index contributed by atoms with van der Waals surface area (Å²) in [6.45, 7) is 1.31. The third kappa shape index (κ3) is 3.99. The first-order valence-corrected chi connectivity index (χ1v) is 8.36. The molecule has 0 aliphatic heterocycles. The number of hydrogen-bond donors (Lipinski definition) is 2. The number of amides is 1. The minimum absolute atomic E-state index is 0.0308. The number of aliphatic hydroxyl groups excluding tert-OH is 1. The molecule has 5 nitrogen and oxygen atoms in total. The van der Waals surface area contributed by atoms with Gasteiger partial charge >= 0.3 is 0 Å². The lowest BCUT2D eigenvalue weighted by Crippen LogP contribution is -2.40. The van der Waals surface area contributed by atoms with Gasteiger partial charge in [-0.05, 0) is 35.6 Å². The molecule has 1 atom stereocenters. The van der Waals surface area contributed by atoms with Crippen molar-refractivity contribution in [3.05, 3.63) is 65.5 Å². The summed E-state index contributed by atoms with van der Waals surface area (Å²) < 4.78 is 0. The number of aryl methyl sites for hydroxylation is 1. The van der Waals surface area contributed by atoms with Crippen molar-refractivity contribution in [1.82, 2.24) is 15.2 Å². The van der Waals surface area contributed by atoms with Gasteiger partial charge in [0.1, 0.15) is 0 Å². The Morgan fingerprint density at radius 2 is 2.17 bits per heavy atom. The van der Waals surface area contributed by atoms with Crippen LogP contribution in [0.1, 0.15) is 29.2 Å². The second kappa shape index (κ2) is 8.04. The van der Waals surface area contributed by atoms with Crippen LogP contribution >= 0.6 is 0 Å². The van der Waals surface area contributed by atoms with Crippen molar-refractivity contribution in [3.8, 4) is 0 Å². The van der Waals surface area contributed by atoms with E-state index in [-0.39, 0.29) is 18.6 Å². The zero-order valence-electron chi connectivity index (χ0n) is 13.7. The predicted molar refractivity (Wildman–Crippen MR) is 92.2 cm³/mol. The fraction of sp³-hybridized carbons (Fsp3) is 0.368. The Labute approximate surface area is 142 Å².